The molecule has 1 amide bonds. The molecule has 0 spiro atoms. The summed E-state index contributed by atoms with van der Waals surface area (Å²) in [4.78, 5) is 14.5. The lowest BCUT2D eigenvalue weighted by Crippen LogP contribution is -2.48. The largest absolute Gasteiger partial charge is 0.335 e. The Hall–Kier alpha value is -1.61. The van der Waals surface area contributed by atoms with Crippen molar-refractivity contribution >= 4 is 5.91 Å². The van der Waals surface area contributed by atoms with Crippen LogP contribution in [0.2, 0.25) is 0 Å². The molecule has 1 fully saturated rings. The van der Waals surface area contributed by atoms with Gasteiger partial charge in [-0.2, -0.15) is 0 Å². The van der Waals surface area contributed by atoms with Crippen molar-refractivity contribution in [3.8, 4) is 0 Å². The van der Waals surface area contributed by atoms with Crippen LogP contribution in [0.1, 0.15) is 31.2 Å². The molecule has 3 nitrogen and oxygen atoms in total. The highest BCUT2D eigenvalue weighted by atomic mass is 16.2. The number of hydrogen-bond donors (Lipinski definition) is 1. The number of hydrogen-bond acceptors (Lipinski definition) is 2. The number of carbonyl (C=O) groups excluding carboxylic acids is 1. The van der Waals surface area contributed by atoms with Gasteiger partial charge < -0.3 is 10.6 Å². The fourth-order valence-corrected chi connectivity index (χ4v) is 2.94. The molecule has 108 valence electrons. The SMILES string of the molecule is C=CCN(C(=O)[C@H](N)Cc1ccccc1)C1CCCC1. The number of nitrogens with zero attached hydrogens (tertiary/aromatic N) is 1. The molecule has 1 aliphatic carbocycles. The van der Waals surface area contributed by atoms with E-state index in [2.05, 4.69) is 6.58 Å². The lowest BCUT2D eigenvalue weighted by molar-refractivity contribution is -0.134. The second-order valence-corrected chi connectivity index (χ2v) is 5.51. The summed E-state index contributed by atoms with van der Waals surface area (Å²) >= 11 is 0. The molecule has 20 heavy (non-hydrogen) atoms. The molecular formula is C17H24N2O. The third kappa shape index (κ3) is 3.70. The van der Waals surface area contributed by atoms with Crippen molar-refractivity contribution in [3.63, 3.8) is 0 Å². The van der Waals surface area contributed by atoms with Crippen LogP contribution in [-0.2, 0) is 11.2 Å². The van der Waals surface area contributed by atoms with Crippen molar-refractivity contribution in [2.45, 2.75) is 44.2 Å². The van der Waals surface area contributed by atoms with Crippen LogP contribution in [0, 0.1) is 0 Å². The zero-order valence-electron chi connectivity index (χ0n) is 12.0. The summed E-state index contributed by atoms with van der Waals surface area (Å²) in [5.41, 5.74) is 7.23. The normalized spacial score (nSPS) is 16.9. The molecule has 0 saturated heterocycles. The standard InChI is InChI=1S/C17H24N2O/c1-2-12-19(15-10-6-7-11-15)17(20)16(18)13-14-8-4-3-5-9-14/h2-5,8-9,15-16H,1,6-7,10-13,18H2/t16-/m1/s1. The second kappa shape index (κ2) is 7.25. The van der Waals surface area contributed by atoms with Crippen LogP contribution in [0.25, 0.3) is 0 Å². The maximum atomic E-state index is 12.6. The van der Waals surface area contributed by atoms with Crippen LogP contribution < -0.4 is 5.73 Å². The van der Waals surface area contributed by atoms with Gasteiger partial charge in [0.15, 0.2) is 0 Å². The molecule has 0 aromatic heterocycles. The summed E-state index contributed by atoms with van der Waals surface area (Å²) in [6.45, 7) is 4.37. The van der Waals surface area contributed by atoms with Gasteiger partial charge in [-0.15, -0.1) is 6.58 Å². The van der Waals surface area contributed by atoms with E-state index in [1.807, 2.05) is 35.2 Å². The Morgan fingerprint density at radius 2 is 2.00 bits per heavy atom. The average molecular weight is 272 g/mol. The zero-order chi connectivity index (χ0) is 14.4. The van der Waals surface area contributed by atoms with E-state index >= 15 is 0 Å². The summed E-state index contributed by atoms with van der Waals surface area (Å²) in [6, 6.07) is 9.84. The second-order valence-electron chi connectivity index (χ2n) is 5.51. The van der Waals surface area contributed by atoms with Crippen LogP contribution >= 0.6 is 0 Å². The van der Waals surface area contributed by atoms with E-state index in [1.54, 1.807) is 6.08 Å². The number of benzene rings is 1. The van der Waals surface area contributed by atoms with Gasteiger partial charge in [0.1, 0.15) is 0 Å². The van der Waals surface area contributed by atoms with Crippen molar-refractivity contribution in [2.24, 2.45) is 5.73 Å². The maximum Gasteiger partial charge on any atom is 0.240 e. The molecule has 1 saturated carbocycles. The minimum atomic E-state index is -0.460. The number of amides is 1. The van der Waals surface area contributed by atoms with Gasteiger partial charge in [0.05, 0.1) is 6.04 Å². The van der Waals surface area contributed by atoms with Crippen molar-refractivity contribution in [3.05, 3.63) is 48.6 Å². The summed E-state index contributed by atoms with van der Waals surface area (Å²) in [5.74, 6) is 0.0562. The van der Waals surface area contributed by atoms with Gasteiger partial charge in [-0.1, -0.05) is 49.2 Å². The average Bonchev–Trinajstić information content (AvgIpc) is 2.99. The minimum Gasteiger partial charge on any atom is -0.335 e. The molecule has 2 N–H and O–H groups in total. The van der Waals surface area contributed by atoms with E-state index in [0.717, 1.165) is 18.4 Å². The van der Waals surface area contributed by atoms with Gasteiger partial charge in [0, 0.05) is 12.6 Å². The molecule has 2 rings (SSSR count). The van der Waals surface area contributed by atoms with Crippen LogP contribution in [0.5, 0.6) is 0 Å². The third-order valence-electron chi connectivity index (χ3n) is 3.99. The first-order chi connectivity index (χ1) is 9.72. The number of nitrogens with two attached hydrogens (primary N) is 1. The topological polar surface area (TPSA) is 46.3 Å². The Bertz CT molecular complexity index is 438. The van der Waals surface area contributed by atoms with Crippen molar-refractivity contribution in [2.75, 3.05) is 6.54 Å². The lowest BCUT2D eigenvalue weighted by Gasteiger charge is -2.30. The first kappa shape index (κ1) is 14.8. The van der Waals surface area contributed by atoms with E-state index in [9.17, 15) is 4.79 Å². The van der Waals surface area contributed by atoms with E-state index < -0.39 is 6.04 Å². The van der Waals surface area contributed by atoms with Gasteiger partial charge in [0.25, 0.3) is 0 Å². The predicted octanol–water partition coefficient (Wildman–Crippen LogP) is 2.51. The van der Waals surface area contributed by atoms with Crippen molar-refractivity contribution in [1.29, 1.82) is 0 Å². The van der Waals surface area contributed by atoms with E-state index in [0.29, 0.717) is 19.0 Å². The third-order valence-corrected chi connectivity index (χ3v) is 3.99. The molecule has 1 aromatic rings. The van der Waals surface area contributed by atoms with Gasteiger partial charge in [-0.25, -0.2) is 0 Å². The fraction of sp³-hybridized carbons (Fsp3) is 0.471. The Morgan fingerprint density at radius 3 is 2.60 bits per heavy atom. The monoisotopic (exact) mass is 272 g/mol. The molecule has 1 atom stereocenters. The first-order valence-electron chi connectivity index (χ1n) is 7.43. The molecule has 1 aliphatic rings. The highest BCUT2D eigenvalue weighted by Crippen LogP contribution is 2.24. The molecule has 0 bridgehead atoms. The summed E-state index contributed by atoms with van der Waals surface area (Å²) in [5, 5.41) is 0. The smallest absolute Gasteiger partial charge is 0.240 e. The molecule has 1 aromatic carbocycles. The lowest BCUT2D eigenvalue weighted by atomic mass is 10.0. The summed E-state index contributed by atoms with van der Waals surface area (Å²) < 4.78 is 0. The van der Waals surface area contributed by atoms with Crippen molar-refractivity contribution < 1.29 is 4.79 Å². The highest BCUT2D eigenvalue weighted by Gasteiger charge is 2.28. The molecule has 0 aliphatic heterocycles. The Morgan fingerprint density at radius 1 is 1.35 bits per heavy atom. The Kier molecular flexibility index (Phi) is 5.36. The van der Waals surface area contributed by atoms with Crippen LogP contribution in [0.15, 0.2) is 43.0 Å². The molecule has 3 heteroatoms. The predicted molar refractivity (Wildman–Crippen MR) is 82.3 cm³/mol. The molecular weight excluding hydrogens is 248 g/mol. The molecule has 0 radical (unpaired) electrons. The Labute approximate surface area is 121 Å². The van der Waals surface area contributed by atoms with Crippen LogP contribution in [0.3, 0.4) is 0 Å². The number of carbonyl (C=O) groups is 1. The minimum absolute atomic E-state index is 0.0562. The zero-order valence-corrected chi connectivity index (χ0v) is 12.0. The van der Waals surface area contributed by atoms with E-state index in [1.165, 1.54) is 12.8 Å². The maximum absolute atomic E-state index is 12.6. The van der Waals surface area contributed by atoms with Gasteiger partial charge in [-0.3, -0.25) is 4.79 Å². The first-order valence-corrected chi connectivity index (χ1v) is 7.43. The Balaban J connectivity index is 2.00. The van der Waals surface area contributed by atoms with Gasteiger partial charge in [0.2, 0.25) is 5.91 Å². The fourth-order valence-electron chi connectivity index (χ4n) is 2.94. The summed E-state index contributed by atoms with van der Waals surface area (Å²) in [6.07, 6.45) is 7.00. The van der Waals surface area contributed by atoms with Gasteiger partial charge in [-0.05, 0) is 24.8 Å². The van der Waals surface area contributed by atoms with Crippen LogP contribution in [0.4, 0.5) is 0 Å². The van der Waals surface area contributed by atoms with Crippen molar-refractivity contribution in [1.82, 2.24) is 4.90 Å². The van der Waals surface area contributed by atoms with E-state index in [-0.39, 0.29) is 5.91 Å². The summed E-state index contributed by atoms with van der Waals surface area (Å²) in [7, 11) is 0. The number of rotatable bonds is 6. The molecule has 0 unspecified atom stereocenters. The quantitative estimate of drug-likeness (QED) is 0.809. The van der Waals surface area contributed by atoms with Gasteiger partial charge >= 0.3 is 0 Å². The highest BCUT2D eigenvalue weighted by molar-refractivity contribution is 5.82. The van der Waals surface area contributed by atoms with Crippen LogP contribution in [-0.4, -0.2) is 29.4 Å². The molecule has 0 heterocycles. The van der Waals surface area contributed by atoms with E-state index in [4.69, 9.17) is 5.73 Å².